The Bertz CT molecular complexity index is 1090. The van der Waals surface area contributed by atoms with Crippen LogP contribution >= 0.6 is 24.3 Å². The van der Waals surface area contributed by atoms with Gasteiger partial charge in [-0.25, -0.2) is 23.9 Å². The molecule has 0 saturated carbocycles. The van der Waals surface area contributed by atoms with Crippen molar-refractivity contribution >= 4 is 41.3 Å². The maximum absolute atomic E-state index is 12.2. The first-order valence-corrected chi connectivity index (χ1v) is 11.4. The lowest BCUT2D eigenvalue weighted by Gasteiger charge is -2.15. The molecule has 17 nitrogen and oxygen atoms in total. The smallest absolute Gasteiger partial charge is 0.387 e. The number of nitrogens with one attached hydrogen (secondary N) is 1. The molecule has 3 rings (SSSR count). The van der Waals surface area contributed by atoms with Crippen LogP contribution in [-0.4, -0.2) is 64.4 Å². The predicted molar refractivity (Wildman–Crippen MR) is 93.9 cm³/mol. The minimum atomic E-state index is -5.15. The number of nitrogens with two attached hydrogens (primary N) is 1. The zero-order chi connectivity index (χ0) is 22.2. The number of anilines is 1. The second-order valence-corrected chi connectivity index (χ2v) is 9.12. The number of aromatic nitrogens is 4. The van der Waals surface area contributed by atoms with Gasteiger partial charge in [-0.15, -0.1) is 9.42 Å². The Balaban J connectivity index is 1.71. The summed E-state index contributed by atoms with van der Waals surface area (Å²) in [6, 6.07) is 0. The number of H-pyrrole nitrogens is 1. The molecule has 7 N–H and O–H groups in total. The molecule has 0 amide bonds. The lowest BCUT2D eigenvalue weighted by molar-refractivity contribution is -0.0490. The predicted octanol–water partition coefficient (Wildman–Crippen LogP) is -1.22. The van der Waals surface area contributed by atoms with Gasteiger partial charge < -0.3 is 25.7 Å². The number of nitrogen functional groups attached to an aromatic ring is 1. The highest BCUT2D eigenvalue weighted by atomic mass is 31.3. The van der Waals surface area contributed by atoms with Gasteiger partial charge in [-0.05, 0) is 0 Å². The normalized spacial score (nSPS) is 27.2. The monoisotopic (exact) mass is 489 g/mol. The number of imidazole rings is 1. The third kappa shape index (κ3) is 4.77. The van der Waals surface area contributed by atoms with E-state index in [4.69, 9.17) is 20.3 Å². The first-order chi connectivity index (χ1) is 14.0. The van der Waals surface area contributed by atoms with E-state index in [1.165, 1.54) is 0 Å². The van der Waals surface area contributed by atoms with E-state index < -0.39 is 61.2 Å². The molecule has 0 aromatic carbocycles. The van der Waals surface area contributed by atoms with Crippen LogP contribution < -0.4 is 11.4 Å². The fourth-order valence-electron chi connectivity index (χ4n) is 2.62. The van der Waals surface area contributed by atoms with Gasteiger partial charge in [-0.1, -0.05) is 0 Å². The van der Waals surface area contributed by atoms with E-state index in [1.54, 1.807) is 0 Å². The summed E-state index contributed by atoms with van der Waals surface area (Å²) in [4.78, 5) is 39.7. The number of fused-ring (bicyclic) bond motifs is 1. The SMILES string of the molecule is Nc1ncnc2c1[nH]c(=O)n2[C@@H]1O[C@H](CO[P+](=O)OP(=O)(O)O[P+](=O)O)[C@@H](O)[C@H]1O. The van der Waals surface area contributed by atoms with Crippen molar-refractivity contribution in [2.75, 3.05) is 12.3 Å². The van der Waals surface area contributed by atoms with Gasteiger partial charge >= 0.3 is 30.0 Å². The standard InChI is InChI=1S/C10H12N5O12P3/c11-7-4-8(13-2-12-7)15(10(18)14-4)9-6(17)5(16)3(25-9)1-24-29(21)27-30(22,23)26-28(19)20/h2-3,5-6,9,16-17H,1H2,(H3-2,11,12,13,14,18,19,20,22,23)/p+2/t3-,5-,6-,9-/m1/s1. The third-order valence-corrected chi connectivity index (χ3v) is 6.92. The number of hydrogen-bond donors (Lipinski definition) is 6. The summed E-state index contributed by atoms with van der Waals surface area (Å²) in [5.74, 6) is -0.0433. The zero-order valence-corrected chi connectivity index (χ0v) is 17.1. The molecule has 1 aliphatic heterocycles. The number of hydrogen-bond acceptors (Lipinski definition) is 13. The molecule has 2 aromatic rings. The van der Waals surface area contributed by atoms with Crippen LogP contribution in [0.3, 0.4) is 0 Å². The number of phosphoric acid groups is 1. The number of aromatic amines is 1. The lowest BCUT2D eigenvalue weighted by atomic mass is 10.1. The van der Waals surface area contributed by atoms with Gasteiger partial charge in [0.15, 0.2) is 17.7 Å². The summed E-state index contributed by atoms with van der Waals surface area (Å²) in [5.41, 5.74) is 4.93. The molecule has 164 valence electrons. The Kier molecular flexibility index (Phi) is 6.72. The highest BCUT2D eigenvalue weighted by Crippen LogP contribution is 2.57. The second-order valence-electron chi connectivity index (χ2n) is 5.69. The molecule has 0 aliphatic carbocycles. The fraction of sp³-hybridized carbons (Fsp3) is 0.500. The summed E-state index contributed by atoms with van der Waals surface area (Å²) in [6.45, 7) is -0.733. The molecule has 1 fully saturated rings. The minimum Gasteiger partial charge on any atom is -0.387 e. The zero-order valence-electron chi connectivity index (χ0n) is 14.4. The first kappa shape index (κ1) is 22.9. The van der Waals surface area contributed by atoms with Crippen molar-refractivity contribution in [1.29, 1.82) is 0 Å². The Labute approximate surface area is 166 Å². The van der Waals surface area contributed by atoms with E-state index in [2.05, 4.69) is 28.1 Å². The number of ether oxygens (including phenoxy) is 1. The second kappa shape index (κ2) is 8.78. The van der Waals surface area contributed by atoms with E-state index in [9.17, 15) is 28.7 Å². The summed E-state index contributed by atoms with van der Waals surface area (Å²) in [7, 11) is -12.0. The Morgan fingerprint density at radius 3 is 2.67 bits per heavy atom. The molecule has 1 saturated heterocycles. The van der Waals surface area contributed by atoms with Crippen LogP contribution in [0.5, 0.6) is 0 Å². The van der Waals surface area contributed by atoms with Gasteiger partial charge in [0.25, 0.3) is 0 Å². The summed E-state index contributed by atoms with van der Waals surface area (Å²) in [6.07, 6.45) is -5.04. The van der Waals surface area contributed by atoms with Crippen LogP contribution in [0.1, 0.15) is 6.23 Å². The maximum Gasteiger partial charge on any atom is 0.708 e. The van der Waals surface area contributed by atoms with Crippen LogP contribution in [-0.2, 0) is 31.6 Å². The van der Waals surface area contributed by atoms with E-state index in [1.807, 2.05) is 0 Å². The molecular weight excluding hydrogens is 475 g/mol. The topological polar surface area (TPSA) is 259 Å². The summed E-state index contributed by atoms with van der Waals surface area (Å²) in [5, 5.41) is 20.4. The van der Waals surface area contributed by atoms with Gasteiger partial charge in [-0.3, -0.25) is 4.89 Å². The Morgan fingerprint density at radius 2 is 2.00 bits per heavy atom. The molecule has 20 heteroatoms. The van der Waals surface area contributed by atoms with Crippen LogP contribution in [0, 0.1) is 0 Å². The van der Waals surface area contributed by atoms with Crippen molar-refractivity contribution in [2.24, 2.45) is 0 Å². The molecule has 30 heavy (non-hydrogen) atoms. The molecule has 1 aliphatic rings. The summed E-state index contributed by atoms with van der Waals surface area (Å²) < 4.78 is 51.8. The van der Waals surface area contributed by atoms with Gasteiger partial charge in [0.1, 0.15) is 36.8 Å². The first-order valence-electron chi connectivity index (χ1n) is 7.71. The molecule has 3 unspecified atom stereocenters. The van der Waals surface area contributed by atoms with Gasteiger partial charge in [0, 0.05) is 17.8 Å². The van der Waals surface area contributed by atoms with Crippen molar-refractivity contribution in [2.45, 2.75) is 24.5 Å². The van der Waals surface area contributed by atoms with E-state index in [-0.39, 0.29) is 17.0 Å². The van der Waals surface area contributed by atoms with Gasteiger partial charge in [-0.2, -0.15) is 0 Å². The molecule has 7 atom stereocenters. The average Bonchev–Trinajstić information content (AvgIpc) is 3.09. The fourth-order valence-corrected chi connectivity index (χ4v) is 4.84. The van der Waals surface area contributed by atoms with Gasteiger partial charge in [0.2, 0.25) is 0 Å². The number of aliphatic hydroxyl groups is 2. The van der Waals surface area contributed by atoms with Crippen molar-refractivity contribution in [3.63, 3.8) is 0 Å². The third-order valence-electron chi connectivity index (χ3n) is 3.81. The van der Waals surface area contributed by atoms with Gasteiger partial charge in [0.05, 0.1) is 0 Å². The number of nitrogens with zero attached hydrogens (tertiary/aromatic N) is 3. The summed E-state index contributed by atoms with van der Waals surface area (Å²) >= 11 is 0. The van der Waals surface area contributed by atoms with E-state index in [0.717, 1.165) is 10.9 Å². The van der Waals surface area contributed by atoms with Crippen molar-refractivity contribution in [3.05, 3.63) is 16.8 Å². The minimum absolute atomic E-state index is 0.0174. The average molecular weight is 489 g/mol. The van der Waals surface area contributed by atoms with Crippen LogP contribution in [0.4, 0.5) is 5.82 Å². The van der Waals surface area contributed by atoms with Crippen molar-refractivity contribution in [3.8, 4) is 0 Å². The Hall–Kier alpha value is -1.74. The highest BCUT2D eigenvalue weighted by molar-refractivity contribution is 7.61. The van der Waals surface area contributed by atoms with Crippen molar-refractivity contribution in [1.82, 2.24) is 19.5 Å². The maximum atomic E-state index is 12.2. The lowest BCUT2D eigenvalue weighted by Crippen LogP contribution is -2.35. The largest absolute Gasteiger partial charge is 0.708 e. The molecule has 0 bridgehead atoms. The van der Waals surface area contributed by atoms with Crippen molar-refractivity contribution < 1.29 is 51.6 Å². The number of aliphatic hydroxyl groups excluding tert-OH is 2. The molecule has 2 aromatic heterocycles. The Morgan fingerprint density at radius 1 is 1.30 bits per heavy atom. The van der Waals surface area contributed by atoms with E-state index in [0.29, 0.717) is 0 Å². The molecular formula is C10H14N5O12P3+2. The number of rotatable bonds is 8. The quantitative estimate of drug-likeness (QED) is 0.237. The van der Waals surface area contributed by atoms with Crippen LogP contribution in [0.15, 0.2) is 11.1 Å². The highest BCUT2D eigenvalue weighted by Gasteiger charge is 2.49. The molecule has 3 heterocycles. The van der Waals surface area contributed by atoms with Crippen LogP contribution in [0.25, 0.3) is 11.2 Å². The van der Waals surface area contributed by atoms with E-state index >= 15 is 0 Å². The molecule has 0 spiro atoms. The molecule has 0 radical (unpaired) electrons. The van der Waals surface area contributed by atoms with Crippen LogP contribution in [0.2, 0.25) is 0 Å².